The predicted molar refractivity (Wildman–Crippen MR) is 125 cm³/mol. The van der Waals surface area contributed by atoms with Gasteiger partial charge in [-0.15, -0.1) is 0 Å². The fourth-order valence-electron chi connectivity index (χ4n) is 4.62. The molecule has 164 valence electrons. The molecule has 2 heterocycles. The highest BCUT2D eigenvalue weighted by Gasteiger charge is 2.34. The van der Waals surface area contributed by atoms with Crippen molar-refractivity contribution in [2.45, 2.75) is 58.3 Å². The lowest BCUT2D eigenvalue weighted by molar-refractivity contribution is -0.0122. The molecule has 2 aromatic carbocycles. The predicted octanol–water partition coefficient (Wildman–Crippen LogP) is 7.89. The van der Waals surface area contributed by atoms with Gasteiger partial charge in [-0.05, 0) is 53.6 Å². The Labute approximate surface area is 187 Å². The monoisotopic (exact) mass is 431 g/mol. The van der Waals surface area contributed by atoms with Crippen LogP contribution in [0.25, 0.3) is 33.6 Å². The quantitative estimate of drug-likeness (QED) is 0.322. The van der Waals surface area contributed by atoms with Crippen molar-refractivity contribution in [2.24, 2.45) is 0 Å². The number of furan rings is 1. The van der Waals surface area contributed by atoms with Crippen molar-refractivity contribution in [1.29, 1.82) is 0 Å². The Kier molecular flexibility index (Phi) is 4.74. The Morgan fingerprint density at radius 2 is 1.78 bits per heavy atom. The fourth-order valence-corrected chi connectivity index (χ4v) is 4.62. The molecule has 0 saturated heterocycles. The van der Waals surface area contributed by atoms with Crippen LogP contribution in [0.2, 0.25) is 0 Å². The second-order valence-corrected chi connectivity index (χ2v) is 9.94. The second kappa shape index (κ2) is 7.26. The smallest absolute Gasteiger partial charge is 0.252 e. The van der Waals surface area contributed by atoms with Crippen LogP contribution < -0.4 is 0 Å². The lowest BCUT2D eigenvalue weighted by Crippen LogP contribution is -2.25. The van der Waals surface area contributed by atoms with Crippen LogP contribution in [-0.2, 0) is 18.3 Å². The Morgan fingerprint density at radius 1 is 0.969 bits per heavy atom. The van der Waals surface area contributed by atoms with Crippen LogP contribution in [0.1, 0.15) is 49.4 Å². The second-order valence-electron chi connectivity index (χ2n) is 9.94. The van der Waals surface area contributed by atoms with Crippen LogP contribution in [0.4, 0.5) is 8.78 Å². The summed E-state index contributed by atoms with van der Waals surface area (Å²) in [4.78, 5) is 4.64. The summed E-state index contributed by atoms with van der Waals surface area (Å²) in [6, 6.07) is 16.2. The summed E-state index contributed by atoms with van der Waals surface area (Å²) in [6.07, 6.45) is 1.94. The third kappa shape index (κ3) is 3.62. The van der Waals surface area contributed by atoms with Crippen molar-refractivity contribution >= 4 is 11.0 Å². The van der Waals surface area contributed by atoms with Crippen molar-refractivity contribution in [3.63, 3.8) is 0 Å². The number of alkyl halides is 2. The fraction of sp³-hybridized carbons (Fsp3) is 0.321. The van der Waals surface area contributed by atoms with E-state index in [1.807, 2.05) is 31.2 Å². The Bertz CT molecular complexity index is 1330. The largest absolute Gasteiger partial charge is 0.453 e. The average Bonchev–Trinajstić information content (AvgIpc) is 3.09. The SMILES string of the molecule is Cc1c(-c2ccc3c(c2)CC(F)(F)CC3)oc2c(-c3cccc(C(C)(C)C)c3)nccc12. The van der Waals surface area contributed by atoms with Gasteiger partial charge in [0.25, 0.3) is 5.92 Å². The number of aromatic nitrogens is 1. The van der Waals surface area contributed by atoms with E-state index in [4.69, 9.17) is 4.42 Å². The molecule has 0 N–H and O–H groups in total. The van der Waals surface area contributed by atoms with E-state index in [-0.39, 0.29) is 18.3 Å². The molecule has 0 atom stereocenters. The minimum atomic E-state index is -2.64. The highest BCUT2D eigenvalue weighted by Crippen LogP contribution is 2.40. The van der Waals surface area contributed by atoms with Gasteiger partial charge in [0.05, 0.1) is 0 Å². The van der Waals surface area contributed by atoms with E-state index in [1.165, 1.54) is 5.56 Å². The number of pyridine rings is 1. The molecule has 1 aliphatic carbocycles. The van der Waals surface area contributed by atoms with Gasteiger partial charge in [-0.25, -0.2) is 8.78 Å². The molecule has 1 aliphatic rings. The van der Waals surface area contributed by atoms with E-state index in [0.717, 1.165) is 50.2 Å². The van der Waals surface area contributed by atoms with Gasteiger partial charge in [-0.1, -0.05) is 51.1 Å². The maximum Gasteiger partial charge on any atom is 0.252 e. The zero-order valence-electron chi connectivity index (χ0n) is 18.9. The molecule has 32 heavy (non-hydrogen) atoms. The van der Waals surface area contributed by atoms with Gasteiger partial charge >= 0.3 is 0 Å². The topological polar surface area (TPSA) is 26.0 Å². The maximum absolute atomic E-state index is 14.0. The summed E-state index contributed by atoms with van der Waals surface area (Å²) in [5.74, 6) is -1.91. The number of aryl methyl sites for hydroxylation is 2. The molecule has 0 unspecified atom stereocenters. The third-order valence-electron chi connectivity index (χ3n) is 6.53. The van der Waals surface area contributed by atoms with Crippen molar-refractivity contribution in [3.8, 4) is 22.6 Å². The van der Waals surface area contributed by atoms with Gasteiger partial charge in [0, 0.05) is 41.1 Å². The lowest BCUT2D eigenvalue weighted by atomic mass is 9.86. The van der Waals surface area contributed by atoms with Crippen LogP contribution in [0.15, 0.2) is 59.1 Å². The molecule has 4 heteroatoms. The van der Waals surface area contributed by atoms with E-state index in [1.54, 1.807) is 6.20 Å². The molecular formula is C28H27F2NO. The standard InChI is InChI=1S/C28H27F2NO/c1-17-23-11-13-31-24(19-6-5-7-22(15-19)27(2,3)4)26(23)32-25(17)20-9-8-18-10-12-28(29,30)16-21(18)14-20/h5-9,11,13-15H,10,12,16H2,1-4H3. The summed E-state index contributed by atoms with van der Waals surface area (Å²) < 4.78 is 34.4. The van der Waals surface area contributed by atoms with E-state index in [2.05, 4.69) is 50.0 Å². The molecule has 0 fully saturated rings. The third-order valence-corrected chi connectivity index (χ3v) is 6.53. The first-order chi connectivity index (χ1) is 15.1. The van der Waals surface area contributed by atoms with Gasteiger partial charge in [-0.3, -0.25) is 4.98 Å². The van der Waals surface area contributed by atoms with E-state index >= 15 is 0 Å². The van der Waals surface area contributed by atoms with E-state index in [0.29, 0.717) is 6.42 Å². The van der Waals surface area contributed by atoms with E-state index in [9.17, 15) is 8.78 Å². The molecule has 0 amide bonds. The summed E-state index contributed by atoms with van der Waals surface area (Å²) >= 11 is 0. The molecule has 0 spiro atoms. The van der Waals surface area contributed by atoms with Crippen molar-refractivity contribution in [3.05, 3.63) is 77.0 Å². The number of halogens is 2. The average molecular weight is 432 g/mol. The molecule has 0 aliphatic heterocycles. The zero-order valence-corrected chi connectivity index (χ0v) is 18.9. The Balaban J connectivity index is 1.64. The number of fused-ring (bicyclic) bond motifs is 2. The summed E-state index contributed by atoms with van der Waals surface area (Å²) in [7, 11) is 0. The van der Waals surface area contributed by atoms with Crippen molar-refractivity contribution in [2.75, 3.05) is 0 Å². The first-order valence-corrected chi connectivity index (χ1v) is 11.1. The Hall–Kier alpha value is -3.01. The lowest BCUT2D eigenvalue weighted by Gasteiger charge is -2.24. The van der Waals surface area contributed by atoms with Crippen LogP contribution in [0.5, 0.6) is 0 Å². The number of rotatable bonds is 2. The maximum atomic E-state index is 14.0. The molecule has 2 aromatic heterocycles. The number of hydrogen-bond acceptors (Lipinski definition) is 2. The van der Waals surface area contributed by atoms with Gasteiger partial charge in [0.2, 0.25) is 0 Å². The number of hydrogen-bond donors (Lipinski definition) is 0. The molecule has 0 saturated carbocycles. The van der Waals surface area contributed by atoms with Gasteiger partial charge in [-0.2, -0.15) is 0 Å². The first kappa shape index (κ1) is 20.9. The normalized spacial score (nSPS) is 15.7. The summed E-state index contributed by atoms with van der Waals surface area (Å²) in [5, 5.41) is 0.995. The zero-order chi connectivity index (χ0) is 22.7. The molecule has 0 radical (unpaired) electrons. The molecule has 0 bridgehead atoms. The minimum Gasteiger partial charge on any atom is -0.453 e. The van der Waals surface area contributed by atoms with Gasteiger partial charge in [0.15, 0.2) is 5.58 Å². The van der Waals surface area contributed by atoms with Crippen LogP contribution in [0.3, 0.4) is 0 Å². The minimum absolute atomic E-state index is 0.0271. The highest BCUT2D eigenvalue weighted by molar-refractivity contribution is 5.95. The number of nitrogens with zero attached hydrogens (tertiary/aromatic N) is 1. The molecule has 4 aromatic rings. The van der Waals surface area contributed by atoms with Crippen LogP contribution in [-0.4, -0.2) is 10.9 Å². The van der Waals surface area contributed by atoms with Crippen molar-refractivity contribution in [1.82, 2.24) is 4.98 Å². The van der Waals surface area contributed by atoms with Crippen molar-refractivity contribution < 1.29 is 13.2 Å². The van der Waals surface area contributed by atoms with Gasteiger partial charge < -0.3 is 4.42 Å². The molecule has 5 rings (SSSR count). The van der Waals surface area contributed by atoms with Crippen LogP contribution >= 0.6 is 0 Å². The van der Waals surface area contributed by atoms with Crippen LogP contribution in [0, 0.1) is 6.92 Å². The summed E-state index contributed by atoms with van der Waals surface area (Å²) in [6.45, 7) is 8.59. The summed E-state index contributed by atoms with van der Waals surface area (Å²) in [5.41, 5.74) is 7.36. The highest BCUT2D eigenvalue weighted by atomic mass is 19.3. The van der Waals surface area contributed by atoms with E-state index < -0.39 is 5.92 Å². The van der Waals surface area contributed by atoms with Gasteiger partial charge in [0.1, 0.15) is 11.5 Å². The molecular weight excluding hydrogens is 404 g/mol. The first-order valence-electron chi connectivity index (χ1n) is 11.1. The molecule has 2 nitrogen and oxygen atoms in total. The Morgan fingerprint density at radius 3 is 2.56 bits per heavy atom. The number of benzene rings is 2.